The van der Waals surface area contributed by atoms with Gasteiger partial charge in [-0.15, -0.1) is 0 Å². The number of aromatic nitrogens is 3. The van der Waals surface area contributed by atoms with E-state index >= 15 is 0 Å². The van der Waals surface area contributed by atoms with Crippen LogP contribution in [0.25, 0.3) is 11.3 Å². The lowest BCUT2D eigenvalue weighted by Gasteiger charge is -2.18. The van der Waals surface area contributed by atoms with Crippen molar-refractivity contribution in [3.05, 3.63) is 65.6 Å². The second-order valence-electron chi connectivity index (χ2n) is 7.64. The second kappa shape index (κ2) is 5.71. The maximum absolute atomic E-state index is 11.8. The van der Waals surface area contributed by atoms with Gasteiger partial charge in [0.15, 0.2) is 5.78 Å². The Balaban J connectivity index is 1.53. The molecule has 0 bridgehead atoms. The van der Waals surface area contributed by atoms with Gasteiger partial charge in [-0.3, -0.25) is 9.78 Å². The standard InChI is InChI=1S/C22H20N4O/c1-14-5-8-23-19(9-14)17-11-24-21(25-12-17)26-13-22(6-7-22)18-4-3-16(15(2)27)10-20(18)26/h3-5,8-12H,6-7,13H2,1-2H3. The summed E-state index contributed by atoms with van der Waals surface area (Å²) in [6.45, 7) is 4.53. The Morgan fingerprint density at radius 1 is 1.07 bits per heavy atom. The largest absolute Gasteiger partial charge is 0.309 e. The summed E-state index contributed by atoms with van der Waals surface area (Å²) in [4.78, 5) is 27.6. The van der Waals surface area contributed by atoms with Gasteiger partial charge < -0.3 is 4.90 Å². The molecule has 5 rings (SSSR count). The molecule has 0 atom stereocenters. The Bertz CT molecular complexity index is 1050. The molecule has 5 heteroatoms. The number of hydrogen-bond donors (Lipinski definition) is 0. The molecule has 27 heavy (non-hydrogen) atoms. The molecule has 0 N–H and O–H groups in total. The van der Waals surface area contributed by atoms with Gasteiger partial charge in [0.25, 0.3) is 0 Å². The summed E-state index contributed by atoms with van der Waals surface area (Å²) >= 11 is 0. The Hall–Kier alpha value is -3.08. The van der Waals surface area contributed by atoms with Crippen LogP contribution in [-0.4, -0.2) is 27.3 Å². The van der Waals surface area contributed by atoms with Crippen molar-refractivity contribution in [2.45, 2.75) is 32.1 Å². The molecular weight excluding hydrogens is 336 g/mol. The maximum Gasteiger partial charge on any atom is 0.229 e. The van der Waals surface area contributed by atoms with E-state index in [0.717, 1.165) is 34.6 Å². The Morgan fingerprint density at radius 2 is 1.85 bits per heavy atom. The molecule has 5 nitrogen and oxygen atoms in total. The van der Waals surface area contributed by atoms with Crippen LogP contribution in [0.15, 0.2) is 48.9 Å². The maximum atomic E-state index is 11.8. The molecule has 1 aliphatic carbocycles. The molecule has 1 aliphatic heterocycles. The molecule has 3 aromatic rings. The van der Waals surface area contributed by atoms with Crippen molar-refractivity contribution in [2.75, 3.05) is 11.4 Å². The molecule has 1 aromatic carbocycles. The number of rotatable bonds is 3. The van der Waals surface area contributed by atoms with Gasteiger partial charge >= 0.3 is 0 Å². The third kappa shape index (κ3) is 2.62. The molecule has 2 aromatic heterocycles. The van der Waals surface area contributed by atoms with Gasteiger partial charge in [0.1, 0.15) is 0 Å². The molecule has 1 fully saturated rings. The number of hydrogen-bond acceptors (Lipinski definition) is 5. The highest BCUT2D eigenvalue weighted by molar-refractivity contribution is 5.96. The van der Waals surface area contributed by atoms with Crippen molar-refractivity contribution < 1.29 is 4.79 Å². The fourth-order valence-corrected chi connectivity index (χ4v) is 3.94. The number of carbonyl (C=O) groups excluding carboxylic acids is 1. The zero-order valence-corrected chi connectivity index (χ0v) is 15.4. The molecule has 0 unspecified atom stereocenters. The quantitative estimate of drug-likeness (QED) is 0.657. The van der Waals surface area contributed by atoms with Crippen LogP contribution in [0.5, 0.6) is 0 Å². The SMILES string of the molecule is CC(=O)c1ccc2c(c1)N(c1ncc(-c3cc(C)ccn3)cn1)CC21CC1. The summed E-state index contributed by atoms with van der Waals surface area (Å²) < 4.78 is 0. The fourth-order valence-electron chi connectivity index (χ4n) is 3.94. The Labute approximate surface area is 158 Å². The number of carbonyl (C=O) groups is 1. The highest BCUT2D eigenvalue weighted by Gasteiger charge is 2.52. The van der Waals surface area contributed by atoms with Crippen LogP contribution in [0.2, 0.25) is 0 Å². The minimum atomic E-state index is 0.0799. The van der Waals surface area contributed by atoms with Crippen molar-refractivity contribution >= 4 is 17.4 Å². The van der Waals surface area contributed by atoms with Gasteiger partial charge in [0.2, 0.25) is 5.95 Å². The van der Waals surface area contributed by atoms with E-state index in [1.807, 2.05) is 43.6 Å². The number of nitrogens with zero attached hydrogens (tertiary/aromatic N) is 4. The van der Waals surface area contributed by atoms with E-state index in [1.54, 1.807) is 13.1 Å². The van der Waals surface area contributed by atoms with Gasteiger partial charge in [-0.05, 0) is 56.0 Å². The first-order chi connectivity index (χ1) is 13.1. The van der Waals surface area contributed by atoms with E-state index in [0.29, 0.717) is 5.95 Å². The molecule has 0 amide bonds. The number of anilines is 2. The number of pyridine rings is 1. The predicted octanol–water partition coefficient (Wildman–Crippen LogP) is 4.23. The highest BCUT2D eigenvalue weighted by Crippen LogP contribution is 2.57. The second-order valence-corrected chi connectivity index (χ2v) is 7.64. The monoisotopic (exact) mass is 356 g/mol. The normalized spacial score (nSPS) is 16.4. The average Bonchev–Trinajstić information content (AvgIpc) is 3.39. The number of ketones is 1. The Morgan fingerprint density at radius 3 is 2.52 bits per heavy atom. The molecule has 3 heterocycles. The van der Waals surface area contributed by atoms with Gasteiger partial charge in [-0.1, -0.05) is 12.1 Å². The zero-order valence-electron chi connectivity index (χ0n) is 15.4. The topological polar surface area (TPSA) is 59.0 Å². The first kappa shape index (κ1) is 16.1. The number of Topliss-reactive ketones (excluding diaryl/α,β-unsaturated/α-hetero) is 1. The molecule has 1 spiro atoms. The minimum Gasteiger partial charge on any atom is -0.309 e. The van der Waals surface area contributed by atoms with Gasteiger partial charge in [-0.25, -0.2) is 9.97 Å². The van der Waals surface area contributed by atoms with E-state index in [9.17, 15) is 4.79 Å². The van der Waals surface area contributed by atoms with Crippen molar-refractivity contribution in [2.24, 2.45) is 0 Å². The average molecular weight is 356 g/mol. The molecule has 1 saturated carbocycles. The van der Waals surface area contributed by atoms with Gasteiger partial charge in [0.05, 0.1) is 5.69 Å². The van der Waals surface area contributed by atoms with Crippen LogP contribution in [0.4, 0.5) is 11.6 Å². The number of aryl methyl sites for hydroxylation is 1. The smallest absolute Gasteiger partial charge is 0.229 e. The highest BCUT2D eigenvalue weighted by atomic mass is 16.1. The molecule has 0 saturated heterocycles. The molecule has 0 radical (unpaired) electrons. The van der Waals surface area contributed by atoms with Crippen LogP contribution in [0.1, 0.15) is 41.3 Å². The third-order valence-electron chi connectivity index (χ3n) is 5.67. The van der Waals surface area contributed by atoms with Crippen LogP contribution in [0, 0.1) is 6.92 Å². The lowest BCUT2D eigenvalue weighted by atomic mass is 9.97. The molecule has 2 aliphatic rings. The number of fused-ring (bicyclic) bond motifs is 2. The fraction of sp³-hybridized carbons (Fsp3) is 0.273. The van der Waals surface area contributed by atoms with E-state index in [-0.39, 0.29) is 11.2 Å². The summed E-state index contributed by atoms with van der Waals surface area (Å²) in [5.41, 5.74) is 6.27. The first-order valence-corrected chi connectivity index (χ1v) is 9.24. The number of benzene rings is 1. The molecular formula is C22H20N4O. The molecule has 134 valence electrons. The lowest BCUT2D eigenvalue weighted by molar-refractivity contribution is 0.101. The summed E-state index contributed by atoms with van der Waals surface area (Å²) in [7, 11) is 0. The van der Waals surface area contributed by atoms with E-state index in [1.165, 1.54) is 18.4 Å². The van der Waals surface area contributed by atoms with Crippen LogP contribution in [-0.2, 0) is 5.41 Å². The first-order valence-electron chi connectivity index (χ1n) is 9.24. The van der Waals surface area contributed by atoms with Crippen LogP contribution in [0.3, 0.4) is 0 Å². The predicted molar refractivity (Wildman–Crippen MR) is 104 cm³/mol. The van der Waals surface area contributed by atoms with E-state index in [4.69, 9.17) is 0 Å². The van der Waals surface area contributed by atoms with Gasteiger partial charge in [0, 0.05) is 47.4 Å². The summed E-state index contributed by atoms with van der Waals surface area (Å²) in [5, 5.41) is 0. The van der Waals surface area contributed by atoms with E-state index < -0.39 is 0 Å². The van der Waals surface area contributed by atoms with Crippen LogP contribution >= 0.6 is 0 Å². The third-order valence-corrected chi connectivity index (χ3v) is 5.67. The lowest BCUT2D eigenvalue weighted by Crippen LogP contribution is -2.21. The minimum absolute atomic E-state index is 0.0799. The summed E-state index contributed by atoms with van der Waals surface area (Å²) in [6.07, 6.45) is 7.82. The van der Waals surface area contributed by atoms with Crippen molar-refractivity contribution in [1.82, 2.24) is 15.0 Å². The Kier molecular flexibility index (Phi) is 3.41. The van der Waals surface area contributed by atoms with E-state index in [2.05, 4.69) is 25.9 Å². The van der Waals surface area contributed by atoms with Crippen molar-refractivity contribution in [3.8, 4) is 11.3 Å². The van der Waals surface area contributed by atoms with Crippen LogP contribution < -0.4 is 4.90 Å². The van der Waals surface area contributed by atoms with Crippen molar-refractivity contribution in [3.63, 3.8) is 0 Å². The summed E-state index contributed by atoms with van der Waals surface area (Å²) in [6, 6.07) is 10.1. The van der Waals surface area contributed by atoms with Crippen molar-refractivity contribution in [1.29, 1.82) is 0 Å². The van der Waals surface area contributed by atoms with Gasteiger partial charge in [-0.2, -0.15) is 0 Å². The summed E-state index contributed by atoms with van der Waals surface area (Å²) in [5.74, 6) is 0.758. The zero-order chi connectivity index (χ0) is 18.6.